The van der Waals surface area contributed by atoms with Crippen LogP contribution in [0.3, 0.4) is 0 Å². The summed E-state index contributed by atoms with van der Waals surface area (Å²) in [4.78, 5) is 0. The molecule has 0 aromatic heterocycles. The zero-order valence-corrected chi connectivity index (χ0v) is 17.5. The minimum atomic E-state index is -6.80. The lowest BCUT2D eigenvalue weighted by Crippen LogP contribution is -2.53. The molecule has 0 bridgehead atoms. The maximum absolute atomic E-state index is 14.4. The summed E-state index contributed by atoms with van der Waals surface area (Å²) in [7, 11) is -6.68. The molecule has 3 nitrogen and oxygen atoms in total. The number of hydrogen-bond donors (Lipinski definition) is 0. The van der Waals surface area contributed by atoms with E-state index in [1.807, 2.05) is 0 Å². The molecule has 0 atom stereocenters. The van der Waals surface area contributed by atoms with Gasteiger partial charge < -0.3 is 4.18 Å². The van der Waals surface area contributed by atoms with Gasteiger partial charge >= 0.3 is 33.6 Å². The lowest BCUT2D eigenvalue weighted by Gasteiger charge is -2.31. The molecule has 30 heavy (non-hydrogen) atoms. The fourth-order valence-electron chi connectivity index (χ4n) is 2.09. The summed E-state index contributed by atoms with van der Waals surface area (Å²) in [5.41, 5.74) is -9.28. The summed E-state index contributed by atoms with van der Waals surface area (Å²) in [6.07, 6.45) is -8.68. The van der Waals surface area contributed by atoms with Crippen LogP contribution in [0.4, 0.5) is 43.9 Å². The minimum Gasteiger partial charge on any atom is -0.375 e. The number of alkyl halides is 10. The predicted octanol–water partition coefficient (Wildman–Crippen LogP) is 6.50. The van der Waals surface area contributed by atoms with Crippen molar-refractivity contribution < 1.29 is 56.5 Å². The molecular formula is C15H11F10IO3S. The third-order valence-corrected chi connectivity index (χ3v) is 5.09. The fourth-order valence-corrected chi connectivity index (χ4v) is 3.14. The van der Waals surface area contributed by atoms with E-state index in [2.05, 4.69) is 4.18 Å². The van der Waals surface area contributed by atoms with Crippen LogP contribution in [-0.2, 0) is 14.3 Å². The van der Waals surface area contributed by atoms with Gasteiger partial charge in [-0.05, 0) is 41.1 Å². The number of hydrogen-bond acceptors (Lipinski definition) is 3. The van der Waals surface area contributed by atoms with Crippen LogP contribution >= 0.6 is 22.6 Å². The molecule has 15 heteroatoms. The van der Waals surface area contributed by atoms with Crippen molar-refractivity contribution in [2.75, 3.05) is 0 Å². The van der Waals surface area contributed by atoms with Crippen LogP contribution < -0.4 is 0 Å². The predicted molar refractivity (Wildman–Crippen MR) is 93.0 cm³/mol. The van der Waals surface area contributed by atoms with Gasteiger partial charge in [-0.1, -0.05) is 25.5 Å². The summed E-state index contributed by atoms with van der Waals surface area (Å²) in [6, 6.07) is 3.78. The summed E-state index contributed by atoms with van der Waals surface area (Å²) in [5.74, 6) is -14.8. The second-order valence-corrected chi connectivity index (χ2v) is 8.48. The smallest absolute Gasteiger partial charge is 0.375 e. The Bertz CT molecular complexity index is 904. The molecule has 0 N–H and O–H groups in total. The van der Waals surface area contributed by atoms with Crippen LogP contribution in [0.25, 0.3) is 5.76 Å². The van der Waals surface area contributed by atoms with E-state index in [9.17, 15) is 52.3 Å². The maximum atomic E-state index is 14.4. The van der Waals surface area contributed by atoms with Crippen molar-refractivity contribution in [3.63, 3.8) is 0 Å². The van der Waals surface area contributed by atoms with Gasteiger partial charge in [0.05, 0.1) is 0 Å². The largest absolute Gasteiger partial charge is 0.534 e. The Morgan fingerprint density at radius 1 is 1.00 bits per heavy atom. The van der Waals surface area contributed by atoms with Crippen LogP contribution in [-0.4, -0.2) is 31.9 Å². The molecule has 1 aromatic carbocycles. The quantitative estimate of drug-likeness (QED) is 0.120. The number of allylic oxidation sites excluding steroid dienone is 1. The molecule has 172 valence electrons. The van der Waals surface area contributed by atoms with E-state index in [0.717, 1.165) is 25.1 Å². The lowest BCUT2D eigenvalue weighted by molar-refractivity contribution is -0.344. The third kappa shape index (κ3) is 5.31. The van der Waals surface area contributed by atoms with Gasteiger partial charge in [-0.15, -0.1) is 0 Å². The normalized spacial score (nSPS) is 15.1. The van der Waals surface area contributed by atoms with Gasteiger partial charge in [0.1, 0.15) is 0 Å². The molecule has 0 saturated heterocycles. The lowest BCUT2D eigenvalue weighted by atomic mass is 9.94. The van der Waals surface area contributed by atoms with Crippen molar-refractivity contribution in [1.29, 1.82) is 0 Å². The van der Waals surface area contributed by atoms with Crippen LogP contribution in [0.15, 0.2) is 29.8 Å². The van der Waals surface area contributed by atoms with Gasteiger partial charge in [0.15, 0.2) is 5.76 Å². The SMILES string of the molecule is CCC/C(=C(\OS(=O)(=O)C(F)(F)F)c1cccc(I)c1)C(F)(F)C(F)(F)C(F)(F)F. The van der Waals surface area contributed by atoms with Gasteiger partial charge in [-0.2, -0.15) is 52.3 Å². The molecule has 0 saturated carbocycles. The Balaban J connectivity index is 3.97. The second-order valence-electron chi connectivity index (χ2n) is 5.70. The molecular weight excluding hydrogens is 577 g/mol. The Kier molecular flexibility index (Phi) is 7.77. The molecule has 0 aliphatic heterocycles. The van der Waals surface area contributed by atoms with Crippen molar-refractivity contribution in [2.24, 2.45) is 0 Å². The van der Waals surface area contributed by atoms with Crippen molar-refractivity contribution in [3.8, 4) is 0 Å². The first-order valence-corrected chi connectivity index (χ1v) is 10.1. The zero-order chi connectivity index (χ0) is 23.8. The van der Waals surface area contributed by atoms with Crippen molar-refractivity contribution in [2.45, 2.75) is 43.3 Å². The Morgan fingerprint density at radius 2 is 1.53 bits per heavy atom. The van der Waals surface area contributed by atoms with E-state index >= 15 is 0 Å². The van der Waals surface area contributed by atoms with Gasteiger partial charge in [0, 0.05) is 14.7 Å². The van der Waals surface area contributed by atoms with Crippen LogP contribution in [0.5, 0.6) is 0 Å². The highest BCUT2D eigenvalue weighted by Crippen LogP contribution is 2.52. The molecule has 0 spiro atoms. The Morgan fingerprint density at radius 3 is 1.93 bits per heavy atom. The number of rotatable bonds is 7. The van der Waals surface area contributed by atoms with Crippen molar-refractivity contribution in [1.82, 2.24) is 0 Å². The van der Waals surface area contributed by atoms with E-state index in [4.69, 9.17) is 0 Å². The van der Waals surface area contributed by atoms with E-state index in [1.54, 1.807) is 0 Å². The molecule has 0 fully saturated rings. The van der Waals surface area contributed by atoms with E-state index in [1.165, 1.54) is 28.7 Å². The summed E-state index contributed by atoms with van der Waals surface area (Å²) < 4.78 is 158. The van der Waals surface area contributed by atoms with Crippen molar-refractivity contribution in [3.05, 3.63) is 39.0 Å². The molecule has 1 aromatic rings. The zero-order valence-electron chi connectivity index (χ0n) is 14.5. The maximum Gasteiger partial charge on any atom is 0.534 e. The van der Waals surface area contributed by atoms with Crippen molar-refractivity contribution >= 4 is 38.5 Å². The molecule has 0 aliphatic rings. The van der Waals surface area contributed by atoms with Crippen LogP contribution in [0.2, 0.25) is 0 Å². The van der Waals surface area contributed by atoms with Crippen LogP contribution in [0.1, 0.15) is 25.3 Å². The molecule has 0 radical (unpaired) electrons. The Hall–Kier alpha value is -1.26. The highest BCUT2D eigenvalue weighted by molar-refractivity contribution is 14.1. The molecule has 0 unspecified atom stereocenters. The third-order valence-electron chi connectivity index (χ3n) is 3.47. The molecule has 1 rings (SSSR count). The fraction of sp³-hybridized carbons (Fsp3) is 0.467. The highest BCUT2D eigenvalue weighted by atomic mass is 127. The second kappa shape index (κ2) is 8.70. The molecule has 0 heterocycles. The number of halogens is 11. The molecule has 0 aliphatic carbocycles. The first-order chi connectivity index (χ1) is 13.3. The number of benzene rings is 1. The summed E-state index contributed by atoms with van der Waals surface area (Å²) in [6.45, 7) is 1.05. The summed E-state index contributed by atoms with van der Waals surface area (Å²) >= 11 is 1.52. The first-order valence-electron chi connectivity index (χ1n) is 7.62. The van der Waals surface area contributed by atoms with E-state index in [0.29, 0.717) is 0 Å². The average molecular weight is 588 g/mol. The standard InChI is InChI=1S/C15H11F10IO3S/c1-2-4-10(12(16,17)13(18,19)14(20,21)22)11(8-5-3-6-9(26)7-8)29-30(27,28)15(23,24)25/h3,5-7H,2,4H2,1H3/b11-10+. The van der Waals surface area contributed by atoms with Gasteiger partial charge in [0.2, 0.25) is 0 Å². The van der Waals surface area contributed by atoms with E-state index in [-0.39, 0.29) is 3.57 Å². The first kappa shape index (κ1) is 26.8. The highest BCUT2D eigenvalue weighted by Gasteiger charge is 2.74. The molecule has 0 amide bonds. The van der Waals surface area contributed by atoms with Crippen LogP contribution in [0, 0.1) is 3.57 Å². The minimum absolute atomic E-state index is 0.109. The van der Waals surface area contributed by atoms with E-state index < -0.39 is 63.4 Å². The summed E-state index contributed by atoms with van der Waals surface area (Å²) in [5, 5.41) is 0. The van der Waals surface area contributed by atoms with Gasteiger partial charge in [0.25, 0.3) is 0 Å². The van der Waals surface area contributed by atoms with Gasteiger partial charge in [-0.25, -0.2) is 0 Å². The monoisotopic (exact) mass is 588 g/mol. The van der Waals surface area contributed by atoms with Gasteiger partial charge in [-0.3, -0.25) is 0 Å². The average Bonchev–Trinajstić information content (AvgIpc) is 2.55. The topological polar surface area (TPSA) is 43.4 Å². The Labute approximate surface area is 177 Å².